The molecule has 25 heavy (non-hydrogen) atoms. The van der Waals surface area contributed by atoms with Crippen molar-refractivity contribution in [2.24, 2.45) is 0 Å². The van der Waals surface area contributed by atoms with E-state index < -0.39 is 18.3 Å². The van der Waals surface area contributed by atoms with Gasteiger partial charge in [0, 0.05) is 17.8 Å². The Morgan fingerprint density at radius 2 is 1.60 bits per heavy atom. The van der Waals surface area contributed by atoms with Crippen LogP contribution in [0, 0.1) is 10.1 Å². The quantitative estimate of drug-likeness (QED) is 0.384. The molecule has 1 N–H and O–H groups in total. The second-order valence-corrected chi connectivity index (χ2v) is 7.25. The summed E-state index contributed by atoms with van der Waals surface area (Å²) in [6.07, 6.45) is 0. The van der Waals surface area contributed by atoms with Gasteiger partial charge in [-0.3, -0.25) is 14.7 Å². The summed E-state index contributed by atoms with van der Waals surface area (Å²) in [6.45, 7) is 3.98. The van der Waals surface area contributed by atoms with Crippen LogP contribution in [0.2, 0.25) is 0 Å². The van der Waals surface area contributed by atoms with E-state index in [1.54, 1.807) is 26.0 Å². The van der Waals surface area contributed by atoms with Crippen molar-refractivity contribution in [1.82, 2.24) is 0 Å². The lowest BCUT2D eigenvalue weighted by Crippen LogP contribution is -2.15. The zero-order valence-corrected chi connectivity index (χ0v) is 15.0. The van der Waals surface area contributed by atoms with Crippen molar-refractivity contribution in [2.75, 3.05) is 18.5 Å². The SMILES string of the molecule is CCOP(=O)(OCC)[C@@H](Nc1ccc([N+](=O)[O-])cc1)c1ccccc1. The predicted molar refractivity (Wildman–Crippen MR) is 96.8 cm³/mol. The molecule has 7 nitrogen and oxygen atoms in total. The van der Waals surface area contributed by atoms with Crippen LogP contribution in [0.5, 0.6) is 0 Å². The summed E-state index contributed by atoms with van der Waals surface area (Å²) in [6, 6.07) is 15.1. The van der Waals surface area contributed by atoms with Gasteiger partial charge in [-0.15, -0.1) is 0 Å². The summed E-state index contributed by atoms with van der Waals surface area (Å²) in [5.41, 5.74) is 1.31. The monoisotopic (exact) mass is 364 g/mol. The molecular formula is C17H21N2O5P. The maximum atomic E-state index is 13.3. The van der Waals surface area contributed by atoms with E-state index in [2.05, 4.69) is 5.32 Å². The second kappa shape index (κ2) is 8.76. The van der Waals surface area contributed by atoms with E-state index in [0.29, 0.717) is 5.69 Å². The first-order valence-corrected chi connectivity index (χ1v) is 9.56. The third-order valence-corrected chi connectivity index (χ3v) is 5.73. The van der Waals surface area contributed by atoms with E-state index in [1.807, 2.05) is 30.3 Å². The van der Waals surface area contributed by atoms with Crippen molar-refractivity contribution in [2.45, 2.75) is 19.6 Å². The van der Waals surface area contributed by atoms with Gasteiger partial charge in [0.15, 0.2) is 5.78 Å². The standard InChI is InChI=1S/C17H21N2O5P/c1-3-23-25(22,24-4-2)17(14-8-6-5-7-9-14)18-15-10-12-16(13-11-15)19(20)21/h5-13,17-18H,3-4H2,1-2H3/t17-/m1/s1. The molecule has 0 radical (unpaired) electrons. The third-order valence-electron chi connectivity index (χ3n) is 3.43. The van der Waals surface area contributed by atoms with Gasteiger partial charge in [0.2, 0.25) is 0 Å². The largest absolute Gasteiger partial charge is 0.368 e. The number of nitrogens with one attached hydrogen (secondary N) is 1. The molecule has 0 spiro atoms. The molecule has 1 atom stereocenters. The Kier molecular flexibility index (Phi) is 6.70. The highest BCUT2D eigenvalue weighted by Gasteiger charge is 2.37. The van der Waals surface area contributed by atoms with Gasteiger partial charge < -0.3 is 14.4 Å². The number of non-ortho nitro benzene ring substituents is 1. The molecule has 0 fully saturated rings. The Labute approximate surface area is 146 Å². The van der Waals surface area contributed by atoms with Crippen molar-refractivity contribution in [1.29, 1.82) is 0 Å². The van der Waals surface area contributed by atoms with Gasteiger partial charge in [-0.2, -0.15) is 0 Å². The normalized spacial score (nSPS) is 12.6. The first kappa shape index (κ1) is 19.1. The van der Waals surface area contributed by atoms with Crippen molar-refractivity contribution in [3.63, 3.8) is 0 Å². The molecule has 0 aliphatic rings. The van der Waals surface area contributed by atoms with Gasteiger partial charge in [-0.25, -0.2) is 0 Å². The van der Waals surface area contributed by atoms with E-state index in [9.17, 15) is 14.7 Å². The Hall–Kier alpha value is -2.21. The summed E-state index contributed by atoms with van der Waals surface area (Å²) in [7, 11) is -3.49. The van der Waals surface area contributed by atoms with Crippen molar-refractivity contribution >= 4 is 19.0 Å². The number of hydrogen-bond donors (Lipinski definition) is 1. The van der Waals surface area contributed by atoms with E-state index >= 15 is 0 Å². The molecule has 2 aromatic rings. The zero-order chi connectivity index (χ0) is 18.3. The van der Waals surface area contributed by atoms with Gasteiger partial charge in [0.05, 0.1) is 18.1 Å². The molecule has 0 saturated carbocycles. The maximum absolute atomic E-state index is 13.3. The zero-order valence-electron chi connectivity index (χ0n) is 14.1. The average molecular weight is 364 g/mol. The average Bonchev–Trinajstić information content (AvgIpc) is 2.61. The molecule has 8 heteroatoms. The number of benzene rings is 2. The topological polar surface area (TPSA) is 90.7 Å². The summed E-state index contributed by atoms with van der Waals surface area (Å²) in [5.74, 6) is -0.727. The Bertz CT molecular complexity index is 726. The van der Waals surface area contributed by atoms with Crippen molar-refractivity contribution < 1.29 is 18.5 Å². The van der Waals surface area contributed by atoms with Crippen LogP contribution in [-0.4, -0.2) is 18.1 Å². The lowest BCUT2D eigenvalue weighted by molar-refractivity contribution is -0.384. The minimum Gasteiger partial charge on any atom is -0.368 e. The molecule has 0 aliphatic heterocycles. The predicted octanol–water partition coefficient (Wildman–Crippen LogP) is 4.97. The van der Waals surface area contributed by atoms with Gasteiger partial charge >= 0.3 is 7.60 Å². The summed E-state index contributed by atoms with van der Waals surface area (Å²) < 4.78 is 24.2. The molecule has 0 amide bonds. The summed E-state index contributed by atoms with van der Waals surface area (Å²) >= 11 is 0. The van der Waals surface area contributed by atoms with Gasteiger partial charge in [-0.1, -0.05) is 30.3 Å². The van der Waals surface area contributed by atoms with Gasteiger partial charge in [0.1, 0.15) is 0 Å². The van der Waals surface area contributed by atoms with Crippen LogP contribution in [0.25, 0.3) is 0 Å². The fourth-order valence-corrected chi connectivity index (χ4v) is 4.30. The van der Waals surface area contributed by atoms with Crippen LogP contribution in [0.3, 0.4) is 0 Å². The molecule has 134 valence electrons. The first-order chi connectivity index (χ1) is 12.0. The van der Waals surface area contributed by atoms with E-state index in [4.69, 9.17) is 9.05 Å². The number of hydrogen-bond acceptors (Lipinski definition) is 6. The minimum absolute atomic E-state index is 0.0142. The highest BCUT2D eigenvalue weighted by molar-refractivity contribution is 7.54. The summed E-state index contributed by atoms with van der Waals surface area (Å²) in [4.78, 5) is 10.3. The molecule has 0 heterocycles. The molecule has 2 rings (SSSR count). The number of nitro groups is 1. The fourth-order valence-electron chi connectivity index (χ4n) is 2.36. The third kappa shape index (κ3) is 4.89. The highest BCUT2D eigenvalue weighted by atomic mass is 31.2. The van der Waals surface area contributed by atoms with Gasteiger partial charge in [0.25, 0.3) is 5.69 Å². The number of rotatable bonds is 9. The van der Waals surface area contributed by atoms with Crippen LogP contribution in [0.4, 0.5) is 11.4 Å². The number of nitro benzene ring substituents is 1. The van der Waals surface area contributed by atoms with Crippen LogP contribution in [0.15, 0.2) is 54.6 Å². The Morgan fingerprint density at radius 3 is 2.08 bits per heavy atom. The molecule has 0 aromatic heterocycles. The van der Waals surface area contributed by atoms with E-state index in [1.165, 1.54) is 12.1 Å². The second-order valence-electron chi connectivity index (χ2n) is 5.14. The minimum atomic E-state index is -3.49. The number of anilines is 1. The Balaban J connectivity index is 2.37. The molecule has 0 saturated heterocycles. The van der Waals surface area contributed by atoms with Crippen LogP contribution in [0.1, 0.15) is 25.2 Å². The smallest absolute Gasteiger partial charge is 0.357 e. The van der Waals surface area contributed by atoms with Crippen molar-refractivity contribution in [3.8, 4) is 0 Å². The summed E-state index contributed by atoms with van der Waals surface area (Å²) in [5, 5.41) is 13.9. The molecule has 0 unspecified atom stereocenters. The molecule has 2 aromatic carbocycles. The molecule has 0 bridgehead atoms. The van der Waals surface area contributed by atoms with Crippen LogP contribution in [-0.2, 0) is 13.6 Å². The Morgan fingerprint density at radius 1 is 1.04 bits per heavy atom. The van der Waals surface area contributed by atoms with Crippen LogP contribution >= 0.6 is 7.60 Å². The van der Waals surface area contributed by atoms with E-state index in [-0.39, 0.29) is 18.9 Å². The fraction of sp³-hybridized carbons (Fsp3) is 0.294. The van der Waals surface area contributed by atoms with E-state index in [0.717, 1.165) is 5.56 Å². The molecule has 0 aliphatic carbocycles. The van der Waals surface area contributed by atoms with Crippen molar-refractivity contribution in [3.05, 3.63) is 70.3 Å². The van der Waals surface area contributed by atoms with Crippen LogP contribution < -0.4 is 5.32 Å². The highest BCUT2D eigenvalue weighted by Crippen LogP contribution is 2.60. The maximum Gasteiger partial charge on any atom is 0.357 e. The van der Waals surface area contributed by atoms with Gasteiger partial charge in [-0.05, 0) is 31.5 Å². The molecular weight excluding hydrogens is 343 g/mol. The number of nitrogens with zero attached hydrogens (tertiary/aromatic N) is 1. The lowest BCUT2D eigenvalue weighted by Gasteiger charge is -2.28. The first-order valence-electron chi connectivity index (χ1n) is 7.95. The lowest BCUT2D eigenvalue weighted by atomic mass is 10.2.